The highest BCUT2D eigenvalue weighted by molar-refractivity contribution is 6.35. The standard InChI is InChI=1S/C12H14ClNO4/c1-3-5-8(2)18-12(15)9-6-4-7-10(11(9)13)14(16)17/h4,6-8H,3,5H2,1-2H3. The van der Waals surface area contributed by atoms with Crippen LogP contribution in [0.3, 0.4) is 0 Å². The summed E-state index contributed by atoms with van der Waals surface area (Å²) in [5.41, 5.74) is -0.275. The Hall–Kier alpha value is -1.62. The number of hydrogen-bond acceptors (Lipinski definition) is 4. The molecule has 0 amide bonds. The number of hydrogen-bond donors (Lipinski definition) is 0. The van der Waals surface area contributed by atoms with Gasteiger partial charge in [0.15, 0.2) is 0 Å². The lowest BCUT2D eigenvalue weighted by Gasteiger charge is -2.12. The lowest BCUT2D eigenvalue weighted by molar-refractivity contribution is -0.384. The monoisotopic (exact) mass is 271 g/mol. The fraction of sp³-hybridized carbons (Fsp3) is 0.417. The first kappa shape index (κ1) is 14.4. The summed E-state index contributed by atoms with van der Waals surface area (Å²) >= 11 is 5.82. The average molecular weight is 272 g/mol. The van der Waals surface area contributed by atoms with E-state index < -0.39 is 10.9 Å². The zero-order valence-electron chi connectivity index (χ0n) is 10.2. The molecule has 0 aliphatic heterocycles. The van der Waals surface area contributed by atoms with Crippen LogP contribution < -0.4 is 0 Å². The second-order valence-electron chi connectivity index (χ2n) is 3.90. The van der Waals surface area contributed by atoms with Gasteiger partial charge in [0, 0.05) is 6.07 Å². The molecule has 0 bridgehead atoms. The van der Waals surface area contributed by atoms with Crippen LogP contribution in [0.1, 0.15) is 37.0 Å². The van der Waals surface area contributed by atoms with E-state index in [9.17, 15) is 14.9 Å². The van der Waals surface area contributed by atoms with E-state index in [1.165, 1.54) is 18.2 Å². The van der Waals surface area contributed by atoms with Crippen molar-refractivity contribution in [3.05, 3.63) is 38.9 Å². The molecule has 0 N–H and O–H groups in total. The lowest BCUT2D eigenvalue weighted by Crippen LogP contribution is -2.15. The smallest absolute Gasteiger partial charge is 0.340 e. The summed E-state index contributed by atoms with van der Waals surface area (Å²) < 4.78 is 5.15. The molecule has 0 saturated carbocycles. The first-order valence-electron chi connectivity index (χ1n) is 5.61. The van der Waals surface area contributed by atoms with Crippen LogP contribution in [0.4, 0.5) is 5.69 Å². The number of ether oxygens (including phenoxy) is 1. The number of carbonyl (C=O) groups excluding carboxylic acids is 1. The molecule has 1 atom stereocenters. The van der Waals surface area contributed by atoms with Gasteiger partial charge in [0.25, 0.3) is 5.69 Å². The Bertz CT molecular complexity index is 461. The molecule has 6 heteroatoms. The number of rotatable bonds is 5. The van der Waals surface area contributed by atoms with Gasteiger partial charge >= 0.3 is 5.97 Å². The van der Waals surface area contributed by atoms with E-state index >= 15 is 0 Å². The number of benzene rings is 1. The Kier molecular flexibility index (Phi) is 5.09. The van der Waals surface area contributed by atoms with E-state index in [2.05, 4.69) is 0 Å². The lowest BCUT2D eigenvalue weighted by atomic mass is 10.2. The summed E-state index contributed by atoms with van der Waals surface area (Å²) in [6.07, 6.45) is 1.38. The second kappa shape index (κ2) is 6.35. The molecule has 1 aromatic carbocycles. The highest BCUT2D eigenvalue weighted by atomic mass is 35.5. The quantitative estimate of drug-likeness (QED) is 0.466. The minimum Gasteiger partial charge on any atom is -0.459 e. The third-order valence-corrected chi connectivity index (χ3v) is 2.80. The molecule has 0 aliphatic rings. The van der Waals surface area contributed by atoms with E-state index in [0.717, 1.165) is 12.8 Å². The van der Waals surface area contributed by atoms with Crippen LogP contribution in [-0.2, 0) is 4.74 Å². The summed E-state index contributed by atoms with van der Waals surface area (Å²) in [6, 6.07) is 4.07. The van der Waals surface area contributed by atoms with Gasteiger partial charge in [0.2, 0.25) is 0 Å². The van der Waals surface area contributed by atoms with Crippen LogP contribution in [0, 0.1) is 10.1 Å². The summed E-state index contributed by atoms with van der Waals surface area (Å²) in [7, 11) is 0. The van der Waals surface area contributed by atoms with Gasteiger partial charge in [0.1, 0.15) is 5.02 Å². The summed E-state index contributed by atoms with van der Waals surface area (Å²) in [5.74, 6) is -0.635. The van der Waals surface area contributed by atoms with Crippen LogP contribution in [0.15, 0.2) is 18.2 Å². The Labute approximate surface area is 110 Å². The highest BCUT2D eigenvalue weighted by Crippen LogP contribution is 2.28. The third-order valence-electron chi connectivity index (χ3n) is 2.40. The number of carbonyl (C=O) groups is 1. The summed E-state index contributed by atoms with van der Waals surface area (Å²) in [5, 5.41) is 10.5. The van der Waals surface area contributed by atoms with Crippen LogP contribution in [0.25, 0.3) is 0 Å². The Morgan fingerprint density at radius 3 is 2.78 bits per heavy atom. The Balaban J connectivity index is 2.93. The molecule has 0 aromatic heterocycles. The minimum absolute atomic E-state index is 0.0221. The summed E-state index contributed by atoms with van der Waals surface area (Å²) in [4.78, 5) is 21.9. The number of nitro benzene ring substituents is 1. The molecule has 1 aromatic rings. The van der Waals surface area contributed by atoms with E-state index in [4.69, 9.17) is 16.3 Å². The van der Waals surface area contributed by atoms with Gasteiger partial charge in [-0.05, 0) is 19.4 Å². The van der Waals surface area contributed by atoms with Crippen molar-refractivity contribution < 1.29 is 14.5 Å². The van der Waals surface area contributed by atoms with Crippen molar-refractivity contribution in [1.29, 1.82) is 0 Å². The Morgan fingerprint density at radius 1 is 1.56 bits per heavy atom. The maximum atomic E-state index is 11.8. The van der Waals surface area contributed by atoms with Crippen molar-refractivity contribution in [2.24, 2.45) is 0 Å². The summed E-state index contributed by atoms with van der Waals surface area (Å²) in [6.45, 7) is 3.75. The van der Waals surface area contributed by atoms with Crippen LogP contribution in [0.5, 0.6) is 0 Å². The highest BCUT2D eigenvalue weighted by Gasteiger charge is 2.21. The van der Waals surface area contributed by atoms with Gasteiger partial charge in [-0.25, -0.2) is 4.79 Å². The maximum Gasteiger partial charge on any atom is 0.340 e. The number of halogens is 1. The molecule has 98 valence electrons. The van der Waals surface area contributed by atoms with Crippen molar-refractivity contribution in [2.75, 3.05) is 0 Å². The molecule has 0 aliphatic carbocycles. The second-order valence-corrected chi connectivity index (χ2v) is 4.28. The SMILES string of the molecule is CCCC(C)OC(=O)c1cccc([N+](=O)[O-])c1Cl. The van der Waals surface area contributed by atoms with E-state index in [0.29, 0.717) is 0 Å². The van der Waals surface area contributed by atoms with Gasteiger partial charge in [-0.2, -0.15) is 0 Å². The fourth-order valence-corrected chi connectivity index (χ4v) is 1.80. The largest absolute Gasteiger partial charge is 0.459 e. The molecule has 0 spiro atoms. The predicted octanol–water partition coefficient (Wildman–Crippen LogP) is 3.59. The van der Waals surface area contributed by atoms with E-state index in [1.54, 1.807) is 6.92 Å². The molecule has 1 unspecified atom stereocenters. The van der Waals surface area contributed by atoms with E-state index in [-0.39, 0.29) is 22.4 Å². The minimum atomic E-state index is -0.635. The molecular formula is C12H14ClNO4. The predicted molar refractivity (Wildman–Crippen MR) is 67.9 cm³/mol. The van der Waals surface area contributed by atoms with Gasteiger partial charge in [-0.15, -0.1) is 0 Å². The molecule has 0 saturated heterocycles. The first-order chi connectivity index (χ1) is 8.47. The average Bonchev–Trinajstić information content (AvgIpc) is 2.28. The van der Waals surface area contributed by atoms with Crippen LogP contribution >= 0.6 is 11.6 Å². The first-order valence-corrected chi connectivity index (χ1v) is 5.99. The number of esters is 1. The fourth-order valence-electron chi connectivity index (χ4n) is 1.53. The number of nitro groups is 1. The van der Waals surface area contributed by atoms with Crippen molar-refractivity contribution in [1.82, 2.24) is 0 Å². The van der Waals surface area contributed by atoms with Crippen LogP contribution in [-0.4, -0.2) is 17.0 Å². The normalized spacial score (nSPS) is 11.9. The van der Waals surface area contributed by atoms with Crippen molar-refractivity contribution in [3.63, 3.8) is 0 Å². The van der Waals surface area contributed by atoms with Crippen molar-refractivity contribution in [3.8, 4) is 0 Å². The zero-order chi connectivity index (χ0) is 13.7. The molecule has 0 radical (unpaired) electrons. The van der Waals surface area contributed by atoms with Crippen LogP contribution in [0.2, 0.25) is 5.02 Å². The zero-order valence-corrected chi connectivity index (χ0v) is 10.9. The molecular weight excluding hydrogens is 258 g/mol. The molecule has 18 heavy (non-hydrogen) atoms. The molecule has 0 heterocycles. The van der Waals surface area contributed by atoms with Gasteiger partial charge < -0.3 is 4.74 Å². The third kappa shape index (κ3) is 3.43. The van der Waals surface area contributed by atoms with E-state index in [1.807, 2.05) is 6.92 Å². The molecule has 5 nitrogen and oxygen atoms in total. The number of nitrogens with zero attached hydrogens (tertiary/aromatic N) is 1. The Morgan fingerprint density at radius 2 is 2.22 bits per heavy atom. The molecule has 0 fully saturated rings. The van der Waals surface area contributed by atoms with Crippen molar-refractivity contribution in [2.45, 2.75) is 32.8 Å². The topological polar surface area (TPSA) is 69.4 Å². The van der Waals surface area contributed by atoms with Crippen molar-refractivity contribution >= 4 is 23.3 Å². The molecule has 1 rings (SSSR count). The van der Waals surface area contributed by atoms with Gasteiger partial charge in [-0.3, -0.25) is 10.1 Å². The van der Waals surface area contributed by atoms with Gasteiger partial charge in [-0.1, -0.05) is 31.0 Å². The maximum absolute atomic E-state index is 11.8. The van der Waals surface area contributed by atoms with Gasteiger partial charge in [0.05, 0.1) is 16.6 Å².